The van der Waals surface area contributed by atoms with Crippen LogP contribution in [0, 0.1) is 4.91 Å². The molecule has 4 heavy (non-hydrogen) atoms. The Balaban J connectivity index is 0. The first-order valence-corrected chi connectivity index (χ1v) is 0.383. The molecule has 0 amide bonds. The summed E-state index contributed by atoms with van der Waals surface area (Å²) in [5.41, 5.74) is 0. The van der Waals surface area contributed by atoms with Crippen molar-refractivity contribution in [1.29, 1.82) is 0 Å². The van der Waals surface area contributed by atoms with Gasteiger partial charge in [0.05, 0.1) is 0 Å². The topological polar surface area (TPSA) is 49.7 Å². The fourth-order valence-corrected chi connectivity index (χ4v) is 0. The second kappa shape index (κ2) is 9.71. The van der Waals surface area contributed by atoms with E-state index < -0.39 is 0 Å². The molecule has 0 heterocycles. The zero-order valence-corrected chi connectivity index (χ0v) is 4.72. The minimum Gasteiger partial charge on any atom is -0.379 e. The van der Waals surface area contributed by atoms with Gasteiger partial charge in [-0.05, 0) is 0 Å². The van der Waals surface area contributed by atoms with Crippen LogP contribution in [-0.4, -0.2) is 5.21 Å². The van der Waals surface area contributed by atoms with Gasteiger partial charge in [-0.15, -0.1) is 4.91 Å². The van der Waals surface area contributed by atoms with Crippen LogP contribution in [-0.2, 0) is 32.7 Å². The van der Waals surface area contributed by atoms with Gasteiger partial charge in [-0.3, -0.25) is 0 Å². The first-order valence-electron chi connectivity index (χ1n) is 0.383. The molecule has 21 valence electrons. The predicted molar refractivity (Wildman–Crippen MR) is 7.58 cm³/mol. The molecule has 0 aromatic rings. The van der Waals surface area contributed by atoms with Crippen molar-refractivity contribution in [3.63, 3.8) is 0 Å². The molecule has 0 fully saturated rings. The Bertz CT molecular complexity index is 13.5. The summed E-state index contributed by atoms with van der Waals surface area (Å²) >= 11 is 0. The van der Waals surface area contributed by atoms with Crippen LogP contribution in [0.5, 0.6) is 0 Å². The number of nitrogens with zero attached hydrogens (tertiary/aromatic N) is 1. The van der Waals surface area contributed by atoms with E-state index in [2.05, 4.69) is 0 Å². The van der Waals surface area contributed by atoms with Crippen LogP contribution in [0.4, 0.5) is 0 Å². The summed E-state index contributed by atoms with van der Waals surface area (Å²) in [6.45, 7) is 0. The molecule has 0 saturated heterocycles. The van der Waals surface area contributed by atoms with Gasteiger partial charge in [0.15, 0.2) is 5.34 Å². The largest absolute Gasteiger partial charge is 0.379 e. The summed E-state index contributed by atoms with van der Waals surface area (Å²) in [6.07, 6.45) is 0. The molecule has 0 atom stereocenters. The first-order chi connectivity index (χ1) is 1.41. The van der Waals surface area contributed by atoms with Crippen molar-refractivity contribution in [3.05, 3.63) is 4.91 Å². The van der Waals surface area contributed by atoms with Crippen LogP contribution < -0.4 is 0 Å². The van der Waals surface area contributed by atoms with Gasteiger partial charge < -0.3 is 5.21 Å². The van der Waals surface area contributed by atoms with E-state index >= 15 is 0 Å². The number of hydrogen-bond donors (Lipinski definition) is 1. The molecule has 0 bridgehead atoms. The van der Waals surface area contributed by atoms with E-state index in [0.717, 1.165) is 0 Å². The number of rotatable bonds is 0. The van der Waals surface area contributed by atoms with Crippen molar-refractivity contribution >= 4 is 0 Å². The van der Waals surface area contributed by atoms with Gasteiger partial charge in [0.1, 0.15) is 0 Å². The molecule has 0 aliphatic carbocycles. The van der Waals surface area contributed by atoms with Crippen LogP contribution in [0.15, 0.2) is 5.34 Å². The van der Waals surface area contributed by atoms with E-state index in [1.165, 1.54) is 5.34 Å². The maximum absolute atomic E-state index is 8.11. The molecular formula is HNO2Y. The van der Waals surface area contributed by atoms with Crippen molar-refractivity contribution < 1.29 is 37.9 Å². The van der Waals surface area contributed by atoms with Crippen LogP contribution in [0.25, 0.3) is 0 Å². The van der Waals surface area contributed by atoms with Gasteiger partial charge in [0, 0.05) is 32.7 Å². The molecule has 0 aliphatic heterocycles. The average Bonchev–Trinajstić information content (AvgIpc) is 0.918. The molecule has 1 radical (unpaired) electrons. The van der Waals surface area contributed by atoms with Crippen molar-refractivity contribution in [2.24, 2.45) is 5.34 Å². The Labute approximate surface area is 48.2 Å². The monoisotopic (exact) mass is 136 g/mol. The maximum Gasteiger partial charge on any atom is 0.152 e. The van der Waals surface area contributed by atoms with Crippen molar-refractivity contribution in [2.75, 3.05) is 0 Å². The Morgan fingerprint density at radius 2 is 1.75 bits per heavy atom. The molecule has 4 heteroatoms. The third-order valence-electron chi connectivity index (χ3n) is 0. The smallest absolute Gasteiger partial charge is 0.152 e. The minimum absolute atomic E-state index is 0. The molecule has 0 rings (SSSR count). The zero-order chi connectivity index (χ0) is 2.71. The van der Waals surface area contributed by atoms with Crippen molar-refractivity contribution in [2.45, 2.75) is 0 Å². The van der Waals surface area contributed by atoms with Crippen LogP contribution in [0.2, 0.25) is 0 Å². The Morgan fingerprint density at radius 3 is 1.75 bits per heavy atom. The number of hydrogen-bond acceptors (Lipinski definition) is 2. The second-order valence-electron chi connectivity index (χ2n) is 0.0816. The van der Waals surface area contributed by atoms with Crippen LogP contribution in [0.3, 0.4) is 0 Å². The Kier molecular flexibility index (Phi) is 21.4. The maximum atomic E-state index is 8.11. The van der Waals surface area contributed by atoms with E-state index in [1.807, 2.05) is 0 Å². The molecule has 0 spiro atoms. The predicted octanol–water partition coefficient (Wildman–Crippen LogP) is 0.140. The molecule has 1 N–H and O–H groups in total. The van der Waals surface area contributed by atoms with E-state index in [0.29, 0.717) is 0 Å². The molecule has 0 aromatic heterocycles. The molecule has 3 nitrogen and oxygen atoms in total. The summed E-state index contributed by atoms with van der Waals surface area (Å²) in [5.74, 6) is 0. The van der Waals surface area contributed by atoms with Gasteiger partial charge >= 0.3 is 0 Å². The van der Waals surface area contributed by atoms with Crippen molar-refractivity contribution in [3.8, 4) is 0 Å². The fraction of sp³-hybridized carbons (Fsp3) is 0. The summed E-state index contributed by atoms with van der Waals surface area (Å²) in [6, 6.07) is 0. The van der Waals surface area contributed by atoms with Gasteiger partial charge in [-0.1, -0.05) is 0 Å². The van der Waals surface area contributed by atoms with E-state index in [-0.39, 0.29) is 32.7 Å². The third-order valence-corrected chi connectivity index (χ3v) is 0. The molecule has 0 saturated carbocycles. The third kappa shape index (κ3) is 22.3. The Morgan fingerprint density at radius 1 is 1.75 bits per heavy atom. The second-order valence-corrected chi connectivity index (χ2v) is 0.0816. The molecular weight excluding hydrogens is 135 g/mol. The standard InChI is InChI=1S/HNO2.Y/c2-1-3;/h(H,2,3);. The van der Waals surface area contributed by atoms with Gasteiger partial charge in [-0.25, -0.2) is 0 Å². The van der Waals surface area contributed by atoms with E-state index in [1.54, 1.807) is 0 Å². The van der Waals surface area contributed by atoms with E-state index in [9.17, 15) is 0 Å². The average molecular weight is 136 g/mol. The zero-order valence-electron chi connectivity index (χ0n) is 1.88. The quantitative estimate of drug-likeness (QED) is 0.380. The summed E-state index contributed by atoms with van der Waals surface area (Å²) in [7, 11) is 0. The SMILES string of the molecule is O=NO.[Y]. The van der Waals surface area contributed by atoms with Gasteiger partial charge in [0.25, 0.3) is 0 Å². The summed E-state index contributed by atoms with van der Waals surface area (Å²) < 4.78 is 0. The minimum atomic E-state index is 0. The van der Waals surface area contributed by atoms with Gasteiger partial charge in [-0.2, -0.15) is 0 Å². The molecule has 0 unspecified atom stereocenters. The van der Waals surface area contributed by atoms with Crippen molar-refractivity contribution in [1.82, 2.24) is 0 Å². The van der Waals surface area contributed by atoms with Crippen LogP contribution >= 0.6 is 0 Å². The summed E-state index contributed by atoms with van der Waals surface area (Å²) in [4.78, 5) is 8.11. The summed E-state index contributed by atoms with van der Waals surface area (Å²) in [5, 5.41) is 7.89. The van der Waals surface area contributed by atoms with Gasteiger partial charge in [0.2, 0.25) is 0 Å². The van der Waals surface area contributed by atoms with E-state index in [4.69, 9.17) is 10.1 Å². The normalized spacial score (nSPS) is 3.00. The first kappa shape index (κ1) is 8.82. The molecule has 0 aromatic carbocycles. The Hall–Kier alpha value is 0.504. The fourth-order valence-electron chi connectivity index (χ4n) is 0. The van der Waals surface area contributed by atoms with Crippen LogP contribution in [0.1, 0.15) is 0 Å². The molecule has 0 aliphatic rings.